The van der Waals surface area contributed by atoms with Crippen LogP contribution in [0.2, 0.25) is 0 Å². The number of carboxylic acid groups (broad SMARTS) is 1. The van der Waals surface area contributed by atoms with E-state index in [1.165, 1.54) is 6.07 Å². The Balaban J connectivity index is 1.74. The molecule has 0 saturated carbocycles. The molecule has 0 amide bonds. The van der Waals surface area contributed by atoms with Crippen molar-refractivity contribution in [3.63, 3.8) is 0 Å². The fourth-order valence-corrected chi connectivity index (χ4v) is 3.15. The lowest BCUT2D eigenvalue weighted by Crippen LogP contribution is -2.26. The number of benzene rings is 2. The van der Waals surface area contributed by atoms with Gasteiger partial charge in [-0.1, -0.05) is 18.2 Å². The van der Waals surface area contributed by atoms with Crippen LogP contribution in [0.4, 0.5) is 0 Å². The molecular weight excluding hydrogens is 360 g/mol. The third-order valence-corrected chi connectivity index (χ3v) is 4.57. The minimum absolute atomic E-state index is 0.154. The standard InChI is InChI=1S/C21H24N2O5/c1-27-14-12-23-18-10-9-16(20(24)25)15-19(18)22(21(23)26)11-5-6-13-28-17-7-3-2-4-8-17/h2-4,7-10,15H,5-6,11-14H2,1H3,(H,24,25). The van der Waals surface area contributed by atoms with E-state index in [4.69, 9.17) is 9.47 Å². The maximum atomic E-state index is 12.9. The van der Waals surface area contributed by atoms with Crippen molar-refractivity contribution in [2.45, 2.75) is 25.9 Å². The number of nitrogens with zero attached hydrogens (tertiary/aromatic N) is 2. The minimum Gasteiger partial charge on any atom is -0.494 e. The molecule has 148 valence electrons. The minimum atomic E-state index is -1.01. The van der Waals surface area contributed by atoms with Gasteiger partial charge in [0.1, 0.15) is 5.75 Å². The predicted molar refractivity (Wildman–Crippen MR) is 106 cm³/mol. The van der Waals surface area contributed by atoms with Gasteiger partial charge in [-0.3, -0.25) is 9.13 Å². The summed E-state index contributed by atoms with van der Waals surface area (Å²) in [5.74, 6) is -0.191. The summed E-state index contributed by atoms with van der Waals surface area (Å²) in [7, 11) is 1.58. The summed E-state index contributed by atoms with van der Waals surface area (Å²) >= 11 is 0. The van der Waals surface area contributed by atoms with Crippen LogP contribution < -0.4 is 10.4 Å². The molecule has 2 aromatic carbocycles. The van der Waals surface area contributed by atoms with Crippen molar-refractivity contribution in [2.75, 3.05) is 20.3 Å². The van der Waals surface area contributed by atoms with Crippen LogP contribution in [-0.2, 0) is 17.8 Å². The lowest BCUT2D eigenvalue weighted by molar-refractivity contribution is 0.0697. The van der Waals surface area contributed by atoms with Gasteiger partial charge < -0.3 is 14.6 Å². The van der Waals surface area contributed by atoms with E-state index in [1.807, 2.05) is 30.3 Å². The molecule has 7 heteroatoms. The number of para-hydroxylation sites is 1. The number of imidazole rings is 1. The van der Waals surface area contributed by atoms with E-state index in [9.17, 15) is 14.7 Å². The van der Waals surface area contributed by atoms with E-state index in [2.05, 4.69) is 0 Å². The molecule has 0 atom stereocenters. The average Bonchev–Trinajstić information content (AvgIpc) is 2.97. The highest BCUT2D eigenvalue weighted by Gasteiger charge is 2.15. The van der Waals surface area contributed by atoms with E-state index in [-0.39, 0.29) is 11.3 Å². The number of carbonyl (C=O) groups is 1. The van der Waals surface area contributed by atoms with E-state index in [0.29, 0.717) is 37.3 Å². The molecular formula is C21H24N2O5. The number of hydrogen-bond acceptors (Lipinski definition) is 4. The first kappa shape index (κ1) is 19.7. The van der Waals surface area contributed by atoms with Crippen molar-refractivity contribution >= 4 is 17.0 Å². The largest absolute Gasteiger partial charge is 0.494 e. The van der Waals surface area contributed by atoms with E-state index < -0.39 is 5.97 Å². The summed E-state index contributed by atoms with van der Waals surface area (Å²) < 4.78 is 14.0. The van der Waals surface area contributed by atoms with Crippen LogP contribution in [-0.4, -0.2) is 40.5 Å². The number of rotatable bonds is 10. The van der Waals surface area contributed by atoms with Gasteiger partial charge in [-0.25, -0.2) is 9.59 Å². The molecule has 0 spiro atoms. The Morgan fingerprint density at radius 3 is 2.43 bits per heavy atom. The molecule has 1 aromatic heterocycles. The predicted octanol–water partition coefficient (Wildman–Crippen LogP) is 3.01. The van der Waals surface area contributed by atoms with Crippen molar-refractivity contribution in [1.82, 2.24) is 9.13 Å². The molecule has 28 heavy (non-hydrogen) atoms. The Kier molecular flexibility index (Phi) is 6.49. The fraction of sp³-hybridized carbons (Fsp3) is 0.333. The monoisotopic (exact) mass is 384 g/mol. The van der Waals surface area contributed by atoms with Crippen molar-refractivity contribution in [2.24, 2.45) is 0 Å². The number of aryl methyl sites for hydroxylation is 1. The highest BCUT2D eigenvalue weighted by molar-refractivity contribution is 5.92. The molecule has 1 heterocycles. The lowest BCUT2D eigenvalue weighted by atomic mass is 10.2. The number of aromatic carboxylic acids is 1. The quantitative estimate of drug-likeness (QED) is 0.544. The number of unbranched alkanes of at least 4 members (excludes halogenated alkanes) is 1. The van der Waals surface area contributed by atoms with Crippen LogP contribution in [0.25, 0.3) is 11.0 Å². The molecule has 0 aliphatic carbocycles. The number of hydrogen-bond donors (Lipinski definition) is 1. The summed E-state index contributed by atoms with van der Waals surface area (Å²) in [4.78, 5) is 24.2. The zero-order valence-electron chi connectivity index (χ0n) is 15.8. The molecule has 0 bridgehead atoms. The van der Waals surface area contributed by atoms with Crippen molar-refractivity contribution in [3.05, 3.63) is 64.6 Å². The van der Waals surface area contributed by atoms with E-state index in [0.717, 1.165) is 18.6 Å². The van der Waals surface area contributed by atoms with Gasteiger partial charge in [-0.05, 0) is 43.2 Å². The maximum absolute atomic E-state index is 12.9. The van der Waals surface area contributed by atoms with Crippen molar-refractivity contribution in [1.29, 1.82) is 0 Å². The smallest absolute Gasteiger partial charge is 0.335 e. The van der Waals surface area contributed by atoms with Gasteiger partial charge in [0, 0.05) is 13.7 Å². The Morgan fingerprint density at radius 2 is 1.71 bits per heavy atom. The van der Waals surface area contributed by atoms with Gasteiger partial charge in [0.25, 0.3) is 0 Å². The Morgan fingerprint density at radius 1 is 0.964 bits per heavy atom. The van der Waals surface area contributed by atoms with Gasteiger partial charge in [-0.15, -0.1) is 0 Å². The fourth-order valence-electron chi connectivity index (χ4n) is 3.15. The zero-order chi connectivity index (χ0) is 19.9. The second-order valence-electron chi connectivity index (χ2n) is 6.46. The Bertz CT molecular complexity index is 991. The maximum Gasteiger partial charge on any atom is 0.335 e. The SMILES string of the molecule is COCCn1c(=O)n(CCCCOc2ccccc2)c2cc(C(=O)O)ccc21. The number of ether oxygens (including phenoxy) is 2. The molecule has 0 aliphatic heterocycles. The summed E-state index contributed by atoms with van der Waals surface area (Å²) in [6.07, 6.45) is 1.53. The van der Waals surface area contributed by atoms with Crippen LogP contribution in [0.15, 0.2) is 53.3 Å². The molecule has 3 aromatic rings. The number of aromatic nitrogens is 2. The average molecular weight is 384 g/mol. The molecule has 0 fully saturated rings. The van der Waals surface area contributed by atoms with Crippen molar-refractivity contribution in [3.8, 4) is 5.75 Å². The first-order valence-electron chi connectivity index (χ1n) is 9.25. The topological polar surface area (TPSA) is 82.7 Å². The number of methoxy groups -OCH3 is 1. The van der Waals surface area contributed by atoms with Gasteiger partial charge >= 0.3 is 11.7 Å². The first-order valence-corrected chi connectivity index (χ1v) is 9.25. The molecule has 3 rings (SSSR count). The van der Waals surface area contributed by atoms with E-state index in [1.54, 1.807) is 28.4 Å². The van der Waals surface area contributed by atoms with Gasteiger partial charge in [0.15, 0.2) is 0 Å². The highest BCUT2D eigenvalue weighted by atomic mass is 16.5. The van der Waals surface area contributed by atoms with Gasteiger partial charge in [0.05, 0.1) is 36.4 Å². The zero-order valence-corrected chi connectivity index (χ0v) is 15.8. The Hall–Kier alpha value is -3.06. The lowest BCUT2D eigenvalue weighted by Gasteiger charge is -2.07. The molecule has 1 N–H and O–H groups in total. The second-order valence-corrected chi connectivity index (χ2v) is 6.46. The van der Waals surface area contributed by atoms with Crippen LogP contribution in [0, 0.1) is 0 Å². The third kappa shape index (κ3) is 4.43. The number of fused-ring (bicyclic) bond motifs is 1. The van der Waals surface area contributed by atoms with Crippen LogP contribution in [0.1, 0.15) is 23.2 Å². The summed E-state index contributed by atoms with van der Waals surface area (Å²) in [5, 5.41) is 9.28. The molecule has 0 saturated heterocycles. The summed E-state index contributed by atoms with van der Waals surface area (Å²) in [6.45, 7) is 1.88. The van der Waals surface area contributed by atoms with Crippen LogP contribution >= 0.6 is 0 Å². The second kappa shape index (κ2) is 9.23. The molecule has 0 aliphatic rings. The third-order valence-electron chi connectivity index (χ3n) is 4.57. The van der Waals surface area contributed by atoms with Gasteiger partial charge in [0.2, 0.25) is 0 Å². The molecule has 0 unspecified atom stereocenters. The van der Waals surface area contributed by atoms with E-state index >= 15 is 0 Å². The summed E-state index contributed by atoms with van der Waals surface area (Å²) in [6, 6.07) is 14.3. The first-order chi connectivity index (χ1) is 13.6. The number of carboxylic acids is 1. The van der Waals surface area contributed by atoms with Crippen LogP contribution in [0.5, 0.6) is 5.75 Å². The van der Waals surface area contributed by atoms with Crippen molar-refractivity contribution < 1.29 is 19.4 Å². The normalized spacial score (nSPS) is 11.0. The molecule has 7 nitrogen and oxygen atoms in total. The van der Waals surface area contributed by atoms with Crippen LogP contribution in [0.3, 0.4) is 0 Å². The van der Waals surface area contributed by atoms with Gasteiger partial charge in [-0.2, -0.15) is 0 Å². The highest BCUT2D eigenvalue weighted by Crippen LogP contribution is 2.17. The Labute approximate surface area is 162 Å². The summed E-state index contributed by atoms with van der Waals surface area (Å²) in [5.41, 5.74) is 1.36. The molecule has 0 radical (unpaired) electrons.